The molecule has 0 aliphatic carbocycles. The van der Waals surface area contributed by atoms with Gasteiger partial charge in [0.15, 0.2) is 11.5 Å². The second-order valence-electron chi connectivity index (χ2n) is 5.36. The van der Waals surface area contributed by atoms with E-state index in [-0.39, 0.29) is 33.2 Å². The largest absolute Gasteiger partial charge is 0.493 e. The van der Waals surface area contributed by atoms with Crippen molar-refractivity contribution >= 4 is 43.5 Å². The van der Waals surface area contributed by atoms with Gasteiger partial charge in [0.05, 0.1) is 43.0 Å². The summed E-state index contributed by atoms with van der Waals surface area (Å²) in [6.45, 7) is 0. The molecular formula is C17H17BrN2O7S. The smallest absolute Gasteiger partial charge is 0.339 e. The summed E-state index contributed by atoms with van der Waals surface area (Å²) in [6.07, 6.45) is 0. The fourth-order valence-electron chi connectivity index (χ4n) is 2.31. The zero-order valence-corrected chi connectivity index (χ0v) is 17.5. The second-order valence-corrected chi connectivity index (χ2v) is 7.89. The van der Waals surface area contributed by atoms with Gasteiger partial charge in [0, 0.05) is 10.5 Å². The molecule has 0 atom stereocenters. The number of sulfonamides is 1. The van der Waals surface area contributed by atoms with E-state index in [4.69, 9.17) is 15.2 Å². The summed E-state index contributed by atoms with van der Waals surface area (Å²) in [4.78, 5) is 23.4. The van der Waals surface area contributed by atoms with Crippen LogP contribution < -0.4 is 19.9 Å². The number of halogens is 1. The lowest BCUT2D eigenvalue weighted by Crippen LogP contribution is -2.19. The van der Waals surface area contributed by atoms with Crippen LogP contribution in [0.4, 0.5) is 5.69 Å². The van der Waals surface area contributed by atoms with E-state index in [0.717, 1.165) is 6.07 Å². The van der Waals surface area contributed by atoms with Crippen molar-refractivity contribution in [3.05, 3.63) is 45.9 Å². The average Bonchev–Trinajstić information content (AvgIpc) is 2.66. The van der Waals surface area contributed by atoms with Gasteiger partial charge in [0.2, 0.25) is 0 Å². The molecule has 150 valence electrons. The van der Waals surface area contributed by atoms with Crippen molar-refractivity contribution in [3.8, 4) is 11.5 Å². The van der Waals surface area contributed by atoms with Crippen molar-refractivity contribution in [2.45, 2.75) is 4.90 Å². The quantitative estimate of drug-likeness (QED) is 0.589. The summed E-state index contributed by atoms with van der Waals surface area (Å²) >= 11 is 3.16. The van der Waals surface area contributed by atoms with Crippen LogP contribution in [-0.2, 0) is 14.8 Å². The Labute approximate surface area is 169 Å². The first kappa shape index (κ1) is 21.5. The molecule has 1 amide bonds. The lowest BCUT2D eigenvalue weighted by atomic mass is 10.1. The Morgan fingerprint density at radius 2 is 1.61 bits per heavy atom. The molecule has 0 saturated heterocycles. The van der Waals surface area contributed by atoms with Gasteiger partial charge in [-0.25, -0.2) is 13.2 Å². The van der Waals surface area contributed by atoms with E-state index >= 15 is 0 Å². The SMILES string of the molecule is COC(=O)c1cc(S(=O)(=O)Nc2cc(OC)c(OC)cc2C(N)=O)ccc1Br. The van der Waals surface area contributed by atoms with E-state index in [9.17, 15) is 18.0 Å². The number of esters is 1. The zero-order chi connectivity index (χ0) is 21.1. The maximum absolute atomic E-state index is 12.8. The Morgan fingerprint density at radius 1 is 1.00 bits per heavy atom. The number of ether oxygens (including phenoxy) is 3. The number of rotatable bonds is 7. The molecule has 0 fully saturated rings. The zero-order valence-electron chi connectivity index (χ0n) is 15.1. The van der Waals surface area contributed by atoms with Gasteiger partial charge in [0.25, 0.3) is 15.9 Å². The number of amides is 1. The molecule has 0 saturated carbocycles. The molecule has 0 heterocycles. The van der Waals surface area contributed by atoms with Crippen LogP contribution in [0.2, 0.25) is 0 Å². The molecule has 0 aliphatic heterocycles. The number of methoxy groups -OCH3 is 3. The van der Waals surface area contributed by atoms with Crippen LogP contribution in [0.25, 0.3) is 0 Å². The average molecular weight is 473 g/mol. The summed E-state index contributed by atoms with van der Waals surface area (Å²) < 4.78 is 43.1. The minimum absolute atomic E-state index is 0.0211. The van der Waals surface area contributed by atoms with Crippen molar-refractivity contribution in [3.63, 3.8) is 0 Å². The van der Waals surface area contributed by atoms with Crippen LogP contribution in [-0.4, -0.2) is 41.6 Å². The summed E-state index contributed by atoms with van der Waals surface area (Å²) in [5.74, 6) is -1.19. The standard InChI is InChI=1S/C17H17BrN2O7S/c1-25-14-7-11(16(19)21)13(8-15(14)26-2)20-28(23,24)9-4-5-12(18)10(6-9)17(22)27-3/h4-8,20H,1-3H3,(H2,19,21). The fourth-order valence-corrected chi connectivity index (χ4v) is 3.81. The Bertz CT molecular complexity index is 1040. The number of primary amides is 1. The predicted octanol–water partition coefficient (Wildman–Crippen LogP) is 2.15. The number of anilines is 1. The number of hydrogen-bond acceptors (Lipinski definition) is 7. The molecule has 2 rings (SSSR count). The lowest BCUT2D eigenvalue weighted by molar-refractivity contribution is 0.0599. The molecule has 0 aliphatic rings. The van der Waals surface area contributed by atoms with Crippen LogP contribution in [0.3, 0.4) is 0 Å². The topological polar surface area (TPSA) is 134 Å². The van der Waals surface area contributed by atoms with Crippen molar-refractivity contribution in [1.29, 1.82) is 0 Å². The van der Waals surface area contributed by atoms with Crippen LogP contribution >= 0.6 is 15.9 Å². The molecule has 9 nitrogen and oxygen atoms in total. The van der Waals surface area contributed by atoms with E-state index in [1.807, 2.05) is 0 Å². The summed E-state index contributed by atoms with van der Waals surface area (Å²) in [5, 5.41) is 0. The number of carbonyl (C=O) groups excluding carboxylic acids is 2. The van der Waals surface area contributed by atoms with E-state index in [1.165, 1.54) is 45.6 Å². The fraction of sp³-hybridized carbons (Fsp3) is 0.176. The number of nitrogens with two attached hydrogens (primary N) is 1. The van der Waals surface area contributed by atoms with Gasteiger partial charge in [-0.2, -0.15) is 0 Å². The van der Waals surface area contributed by atoms with Crippen molar-refractivity contribution in [2.24, 2.45) is 5.73 Å². The normalized spacial score (nSPS) is 10.9. The summed E-state index contributed by atoms with van der Waals surface area (Å²) in [6, 6.07) is 6.36. The van der Waals surface area contributed by atoms with E-state index in [2.05, 4.69) is 25.4 Å². The summed E-state index contributed by atoms with van der Waals surface area (Å²) in [7, 11) is -0.278. The maximum atomic E-state index is 12.8. The minimum atomic E-state index is -4.18. The highest BCUT2D eigenvalue weighted by molar-refractivity contribution is 9.10. The molecule has 28 heavy (non-hydrogen) atoms. The Hall–Kier alpha value is -2.79. The molecule has 0 radical (unpaired) electrons. The first-order valence-corrected chi connectivity index (χ1v) is 9.88. The van der Waals surface area contributed by atoms with Crippen LogP contribution in [0.15, 0.2) is 39.7 Å². The molecule has 0 unspecified atom stereocenters. The minimum Gasteiger partial charge on any atom is -0.493 e. The Morgan fingerprint density at radius 3 is 2.14 bits per heavy atom. The predicted molar refractivity (Wildman–Crippen MR) is 104 cm³/mol. The van der Waals surface area contributed by atoms with Gasteiger partial charge in [-0.05, 0) is 40.2 Å². The Kier molecular flexibility index (Phi) is 6.52. The third kappa shape index (κ3) is 4.37. The third-order valence-electron chi connectivity index (χ3n) is 3.69. The van der Waals surface area contributed by atoms with E-state index in [1.54, 1.807) is 0 Å². The van der Waals surface area contributed by atoms with Crippen LogP contribution in [0.5, 0.6) is 11.5 Å². The number of nitrogens with one attached hydrogen (secondary N) is 1. The number of hydrogen-bond donors (Lipinski definition) is 2. The molecular weight excluding hydrogens is 456 g/mol. The van der Waals surface area contributed by atoms with Crippen LogP contribution in [0, 0.1) is 0 Å². The highest BCUT2D eigenvalue weighted by Gasteiger charge is 2.23. The first-order chi connectivity index (χ1) is 13.1. The molecule has 3 N–H and O–H groups in total. The van der Waals surface area contributed by atoms with Gasteiger partial charge in [-0.1, -0.05) is 0 Å². The number of benzene rings is 2. The lowest BCUT2D eigenvalue weighted by Gasteiger charge is -2.15. The van der Waals surface area contributed by atoms with E-state index < -0.39 is 21.9 Å². The molecule has 0 spiro atoms. The van der Waals surface area contributed by atoms with Crippen LogP contribution in [0.1, 0.15) is 20.7 Å². The van der Waals surface area contributed by atoms with Gasteiger partial charge in [-0.3, -0.25) is 9.52 Å². The van der Waals surface area contributed by atoms with Gasteiger partial charge in [0.1, 0.15) is 0 Å². The van der Waals surface area contributed by atoms with Gasteiger partial charge in [-0.15, -0.1) is 0 Å². The van der Waals surface area contributed by atoms with Gasteiger partial charge >= 0.3 is 5.97 Å². The highest BCUT2D eigenvalue weighted by Crippen LogP contribution is 2.34. The van der Waals surface area contributed by atoms with Gasteiger partial charge < -0.3 is 19.9 Å². The maximum Gasteiger partial charge on any atom is 0.339 e. The summed E-state index contributed by atoms with van der Waals surface area (Å²) in [5.41, 5.74) is 5.15. The highest BCUT2D eigenvalue weighted by atomic mass is 79.9. The first-order valence-electron chi connectivity index (χ1n) is 7.61. The molecule has 2 aromatic rings. The molecule has 11 heteroatoms. The second kappa shape index (κ2) is 8.48. The Balaban J connectivity index is 2.55. The molecule has 0 bridgehead atoms. The monoisotopic (exact) mass is 472 g/mol. The molecule has 2 aromatic carbocycles. The third-order valence-corrected chi connectivity index (χ3v) is 5.74. The van der Waals surface area contributed by atoms with E-state index in [0.29, 0.717) is 4.47 Å². The van der Waals surface area contributed by atoms with Crippen molar-refractivity contribution in [2.75, 3.05) is 26.1 Å². The number of carbonyl (C=O) groups is 2. The molecule has 0 aromatic heterocycles. The van der Waals surface area contributed by atoms with Crippen molar-refractivity contribution in [1.82, 2.24) is 0 Å². The van der Waals surface area contributed by atoms with Crippen molar-refractivity contribution < 1.29 is 32.2 Å².